The number of alkyl halides is 1. The van der Waals surface area contributed by atoms with Crippen molar-refractivity contribution in [3.8, 4) is 0 Å². The molecule has 0 saturated carbocycles. The normalized spacial score (nSPS) is 12.5. The van der Waals surface area contributed by atoms with Crippen LogP contribution in [0, 0.1) is 6.92 Å². The predicted octanol–water partition coefficient (Wildman–Crippen LogP) is 6.48. The Kier molecular flexibility index (Phi) is 5.03. The first-order valence-corrected chi connectivity index (χ1v) is 7.39. The summed E-state index contributed by atoms with van der Waals surface area (Å²) in [6, 6.07) is 11.3. The van der Waals surface area contributed by atoms with Gasteiger partial charge in [-0.15, -0.1) is 11.6 Å². The van der Waals surface area contributed by atoms with Gasteiger partial charge in [0.1, 0.15) is 0 Å². The Morgan fingerprint density at radius 2 is 1.68 bits per heavy atom. The van der Waals surface area contributed by atoms with E-state index in [1.54, 1.807) is 6.07 Å². The standard InChI is InChI=1S/C15H12Cl4/c1-9-11(3-2-4-12(9)16)14(18)7-10-5-6-13(17)15(19)8-10/h2-6,8,14H,7H2,1H3. The second kappa shape index (κ2) is 6.37. The molecule has 4 heteroatoms. The van der Waals surface area contributed by atoms with E-state index in [0.717, 1.165) is 21.7 Å². The van der Waals surface area contributed by atoms with Crippen molar-refractivity contribution >= 4 is 46.4 Å². The molecule has 19 heavy (non-hydrogen) atoms. The average Bonchev–Trinajstić information content (AvgIpc) is 2.37. The van der Waals surface area contributed by atoms with Gasteiger partial charge in [-0.2, -0.15) is 0 Å². The molecule has 0 aliphatic heterocycles. The van der Waals surface area contributed by atoms with E-state index in [4.69, 9.17) is 46.4 Å². The number of rotatable bonds is 3. The van der Waals surface area contributed by atoms with E-state index in [-0.39, 0.29) is 5.38 Å². The fourth-order valence-electron chi connectivity index (χ4n) is 1.95. The lowest BCUT2D eigenvalue weighted by atomic mass is 10.00. The van der Waals surface area contributed by atoms with Gasteiger partial charge in [-0.1, -0.05) is 53.0 Å². The van der Waals surface area contributed by atoms with Crippen molar-refractivity contribution in [1.29, 1.82) is 0 Å². The summed E-state index contributed by atoms with van der Waals surface area (Å²) in [5.74, 6) is 0. The van der Waals surface area contributed by atoms with E-state index in [1.807, 2.05) is 37.3 Å². The topological polar surface area (TPSA) is 0 Å². The van der Waals surface area contributed by atoms with Gasteiger partial charge in [0.2, 0.25) is 0 Å². The summed E-state index contributed by atoms with van der Waals surface area (Å²) in [6.45, 7) is 1.97. The Hall–Kier alpha value is -0.400. The average molecular weight is 334 g/mol. The van der Waals surface area contributed by atoms with Crippen LogP contribution in [0.1, 0.15) is 22.1 Å². The predicted molar refractivity (Wildman–Crippen MR) is 84.9 cm³/mol. The van der Waals surface area contributed by atoms with Crippen LogP contribution in [0.15, 0.2) is 36.4 Å². The molecule has 0 saturated heterocycles. The maximum Gasteiger partial charge on any atom is 0.0628 e. The molecule has 0 N–H and O–H groups in total. The first-order valence-electron chi connectivity index (χ1n) is 5.82. The van der Waals surface area contributed by atoms with E-state index >= 15 is 0 Å². The van der Waals surface area contributed by atoms with Crippen LogP contribution < -0.4 is 0 Å². The number of benzene rings is 2. The van der Waals surface area contributed by atoms with Crippen molar-refractivity contribution in [2.45, 2.75) is 18.7 Å². The lowest BCUT2D eigenvalue weighted by Crippen LogP contribution is -1.99. The molecular formula is C15H12Cl4. The molecule has 0 radical (unpaired) electrons. The lowest BCUT2D eigenvalue weighted by molar-refractivity contribution is 0.910. The molecule has 0 spiro atoms. The van der Waals surface area contributed by atoms with E-state index in [0.29, 0.717) is 16.5 Å². The largest absolute Gasteiger partial charge is 0.117 e. The monoisotopic (exact) mass is 332 g/mol. The molecule has 2 aromatic rings. The van der Waals surface area contributed by atoms with Crippen LogP contribution in [-0.4, -0.2) is 0 Å². The summed E-state index contributed by atoms with van der Waals surface area (Å²) in [7, 11) is 0. The smallest absolute Gasteiger partial charge is 0.0628 e. The summed E-state index contributed by atoms with van der Waals surface area (Å²) in [6.07, 6.45) is 0.680. The molecular weight excluding hydrogens is 322 g/mol. The van der Waals surface area contributed by atoms with Gasteiger partial charge in [0.25, 0.3) is 0 Å². The molecule has 2 rings (SSSR count). The van der Waals surface area contributed by atoms with Crippen molar-refractivity contribution in [2.75, 3.05) is 0 Å². The van der Waals surface area contributed by atoms with Gasteiger partial charge < -0.3 is 0 Å². The van der Waals surface area contributed by atoms with Crippen molar-refractivity contribution < 1.29 is 0 Å². The highest BCUT2D eigenvalue weighted by molar-refractivity contribution is 6.42. The molecule has 2 aromatic carbocycles. The van der Waals surface area contributed by atoms with Gasteiger partial charge in [0, 0.05) is 5.02 Å². The van der Waals surface area contributed by atoms with Crippen LogP contribution in [0.2, 0.25) is 15.1 Å². The van der Waals surface area contributed by atoms with Gasteiger partial charge in [-0.05, 0) is 48.2 Å². The van der Waals surface area contributed by atoms with Crippen LogP contribution in [0.5, 0.6) is 0 Å². The zero-order valence-electron chi connectivity index (χ0n) is 10.3. The van der Waals surface area contributed by atoms with Crippen LogP contribution in [0.3, 0.4) is 0 Å². The zero-order chi connectivity index (χ0) is 14.0. The van der Waals surface area contributed by atoms with Gasteiger partial charge in [0.05, 0.1) is 15.4 Å². The van der Waals surface area contributed by atoms with Gasteiger partial charge >= 0.3 is 0 Å². The van der Waals surface area contributed by atoms with Crippen molar-refractivity contribution in [2.24, 2.45) is 0 Å². The number of hydrogen-bond donors (Lipinski definition) is 0. The minimum absolute atomic E-state index is 0.143. The molecule has 0 aromatic heterocycles. The third-order valence-corrected chi connectivity index (χ3v) is 4.58. The van der Waals surface area contributed by atoms with E-state index in [1.165, 1.54) is 0 Å². The Bertz CT molecular complexity index is 593. The van der Waals surface area contributed by atoms with Gasteiger partial charge in [-0.3, -0.25) is 0 Å². The quantitative estimate of drug-likeness (QED) is 0.564. The second-order valence-corrected chi connectivity index (χ2v) is 6.12. The molecule has 0 aliphatic rings. The van der Waals surface area contributed by atoms with Crippen LogP contribution in [-0.2, 0) is 6.42 Å². The Morgan fingerprint density at radius 3 is 2.37 bits per heavy atom. The first kappa shape index (κ1) is 15.0. The fourth-order valence-corrected chi connectivity index (χ4v) is 2.86. The summed E-state index contributed by atoms with van der Waals surface area (Å²) >= 11 is 24.5. The molecule has 1 unspecified atom stereocenters. The van der Waals surface area contributed by atoms with Crippen molar-refractivity contribution in [3.63, 3.8) is 0 Å². The highest BCUT2D eigenvalue weighted by atomic mass is 35.5. The second-order valence-electron chi connectivity index (χ2n) is 4.37. The van der Waals surface area contributed by atoms with Crippen molar-refractivity contribution in [1.82, 2.24) is 0 Å². The zero-order valence-corrected chi connectivity index (χ0v) is 13.3. The van der Waals surface area contributed by atoms with Crippen LogP contribution in [0.4, 0.5) is 0 Å². The molecule has 1 atom stereocenters. The van der Waals surface area contributed by atoms with E-state index in [9.17, 15) is 0 Å². The minimum atomic E-state index is -0.143. The van der Waals surface area contributed by atoms with Gasteiger partial charge in [0.15, 0.2) is 0 Å². The Balaban J connectivity index is 2.23. The molecule has 100 valence electrons. The number of hydrogen-bond acceptors (Lipinski definition) is 0. The van der Waals surface area contributed by atoms with E-state index in [2.05, 4.69) is 0 Å². The third-order valence-electron chi connectivity index (χ3n) is 3.05. The highest BCUT2D eigenvalue weighted by Crippen LogP contribution is 2.32. The summed E-state index contributed by atoms with van der Waals surface area (Å²) in [5, 5.41) is 1.69. The highest BCUT2D eigenvalue weighted by Gasteiger charge is 2.13. The van der Waals surface area contributed by atoms with Crippen LogP contribution >= 0.6 is 46.4 Å². The maximum absolute atomic E-state index is 6.48. The van der Waals surface area contributed by atoms with Crippen molar-refractivity contribution in [3.05, 3.63) is 68.2 Å². The molecule has 0 amide bonds. The fraction of sp³-hybridized carbons (Fsp3) is 0.200. The molecule has 0 fully saturated rings. The summed E-state index contributed by atoms with van der Waals surface area (Å²) in [5.41, 5.74) is 3.11. The SMILES string of the molecule is Cc1c(Cl)cccc1C(Cl)Cc1ccc(Cl)c(Cl)c1. The molecule has 0 heterocycles. The Morgan fingerprint density at radius 1 is 0.947 bits per heavy atom. The summed E-state index contributed by atoms with van der Waals surface area (Å²) in [4.78, 5) is 0. The Labute approximate surface area is 133 Å². The molecule has 0 aliphatic carbocycles. The summed E-state index contributed by atoms with van der Waals surface area (Å²) < 4.78 is 0. The van der Waals surface area contributed by atoms with Gasteiger partial charge in [-0.25, -0.2) is 0 Å². The lowest BCUT2D eigenvalue weighted by Gasteiger charge is -2.14. The molecule has 0 bridgehead atoms. The van der Waals surface area contributed by atoms with Crippen LogP contribution in [0.25, 0.3) is 0 Å². The molecule has 0 nitrogen and oxygen atoms in total. The minimum Gasteiger partial charge on any atom is -0.117 e. The van der Waals surface area contributed by atoms with E-state index < -0.39 is 0 Å². The maximum atomic E-state index is 6.48. The number of halogens is 4. The third kappa shape index (κ3) is 3.58. The first-order chi connectivity index (χ1) is 8.99.